The first-order valence-electron chi connectivity index (χ1n) is 7.84. The van der Waals surface area contributed by atoms with Crippen LogP contribution in [0.4, 0.5) is 5.69 Å². The maximum atomic E-state index is 6.17. The van der Waals surface area contributed by atoms with E-state index in [-0.39, 0.29) is 6.04 Å². The van der Waals surface area contributed by atoms with Crippen LogP contribution in [0.25, 0.3) is 0 Å². The van der Waals surface area contributed by atoms with Crippen LogP contribution in [0.3, 0.4) is 0 Å². The highest BCUT2D eigenvalue weighted by molar-refractivity contribution is 5.61. The van der Waals surface area contributed by atoms with Crippen LogP contribution >= 0.6 is 0 Å². The summed E-state index contributed by atoms with van der Waals surface area (Å²) in [6, 6.07) is 6.25. The zero-order valence-electron chi connectivity index (χ0n) is 13.1. The van der Waals surface area contributed by atoms with E-state index in [1.165, 1.54) is 31.4 Å². The second-order valence-corrected chi connectivity index (χ2v) is 5.90. The number of ether oxygens (including phenoxy) is 1. The fourth-order valence-electron chi connectivity index (χ4n) is 3.31. The van der Waals surface area contributed by atoms with Crippen molar-refractivity contribution < 1.29 is 4.74 Å². The summed E-state index contributed by atoms with van der Waals surface area (Å²) in [5.74, 6) is 1.81. The molecule has 2 N–H and O–H groups in total. The summed E-state index contributed by atoms with van der Waals surface area (Å²) in [6.07, 6.45) is 5.26. The first-order valence-corrected chi connectivity index (χ1v) is 7.84. The van der Waals surface area contributed by atoms with E-state index in [1.807, 2.05) is 13.0 Å². The minimum atomic E-state index is -0.00508. The molecule has 3 nitrogen and oxygen atoms in total. The Hall–Kier alpha value is -1.22. The molecule has 3 heteroatoms. The third kappa shape index (κ3) is 3.26. The molecule has 2 rings (SSSR count). The molecule has 0 amide bonds. The average molecular weight is 276 g/mol. The molecule has 1 aromatic carbocycles. The van der Waals surface area contributed by atoms with Crippen molar-refractivity contribution in [2.24, 2.45) is 11.7 Å². The van der Waals surface area contributed by atoms with Crippen molar-refractivity contribution in [2.45, 2.75) is 45.6 Å². The second-order valence-electron chi connectivity index (χ2n) is 5.90. The zero-order chi connectivity index (χ0) is 14.5. The van der Waals surface area contributed by atoms with E-state index >= 15 is 0 Å². The van der Waals surface area contributed by atoms with Crippen LogP contribution in [-0.2, 0) is 0 Å². The van der Waals surface area contributed by atoms with Crippen LogP contribution in [0, 0.1) is 5.92 Å². The molecule has 1 aromatic rings. The first kappa shape index (κ1) is 15.2. The molecule has 112 valence electrons. The lowest BCUT2D eigenvalue weighted by atomic mass is 9.91. The lowest BCUT2D eigenvalue weighted by Crippen LogP contribution is -2.34. The van der Waals surface area contributed by atoms with Crippen molar-refractivity contribution in [3.05, 3.63) is 23.8 Å². The highest BCUT2D eigenvalue weighted by atomic mass is 16.5. The van der Waals surface area contributed by atoms with Gasteiger partial charge in [0, 0.05) is 30.4 Å². The van der Waals surface area contributed by atoms with Crippen molar-refractivity contribution in [3.63, 3.8) is 0 Å². The number of rotatable bonds is 5. The van der Waals surface area contributed by atoms with E-state index in [0.29, 0.717) is 0 Å². The molecule has 0 bridgehead atoms. The molecule has 1 fully saturated rings. The lowest BCUT2D eigenvalue weighted by Gasteiger charge is -2.35. The summed E-state index contributed by atoms with van der Waals surface area (Å²) in [4.78, 5) is 2.48. The van der Waals surface area contributed by atoms with Gasteiger partial charge in [0.1, 0.15) is 5.75 Å². The SMILES string of the molecule is CCCC1CCN(c2cccc(OC)c2[C@@H](C)N)CC1. The molecule has 0 aromatic heterocycles. The number of hydrogen-bond acceptors (Lipinski definition) is 3. The third-order valence-corrected chi connectivity index (χ3v) is 4.37. The maximum Gasteiger partial charge on any atom is 0.125 e. The fraction of sp³-hybridized carbons (Fsp3) is 0.647. The molecule has 0 aliphatic carbocycles. The van der Waals surface area contributed by atoms with Crippen LogP contribution in [0.15, 0.2) is 18.2 Å². The highest BCUT2D eigenvalue weighted by Crippen LogP contribution is 2.35. The number of methoxy groups -OCH3 is 1. The summed E-state index contributed by atoms with van der Waals surface area (Å²) >= 11 is 0. The maximum absolute atomic E-state index is 6.17. The van der Waals surface area contributed by atoms with Crippen molar-refractivity contribution in [1.82, 2.24) is 0 Å². The zero-order valence-corrected chi connectivity index (χ0v) is 13.1. The normalized spacial score (nSPS) is 18.1. The van der Waals surface area contributed by atoms with Gasteiger partial charge in [-0.05, 0) is 37.8 Å². The van der Waals surface area contributed by atoms with Gasteiger partial charge in [0.05, 0.1) is 7.11 Å². The van der Waals surface area contributed by atoms with E-state index < -0.39 is 0 Å². The van der Waals surface area contributed by atoms with Gasteiger partial charge >= 0.3 is 0 Å². The predicted octanol–water partition coefficient (Wildman–Crippen LogP) is 3.73. The number of benzene rings is 1. The molecule has 1 atom stereocenters. The monoisotopic (exact) mass is 276 g/mol. The van der Waals surface area contributed by atoms with Gasteiger partial charge in [0.25, 0.3) is 0 Å². The number of anilines is 1. The summed E-state index contributed by atoms with van der Waals surface area (Å²) in [5, 5.41) is 0. The van der Waals surface area contributed by atoms with E-state index in [4.69, 9.17) is 10.5 Å². The van der Waals surface area contributed by atoms with Gasteiger partial charge in [0.15, 0.2) is 0 Å². The van der Waals surface area contributed by atoms with Crippen LogP contribution < -0.4 is 15.4 Å². The van der Waals surface area contributed by atoms with Crippen LogP contribution in [0.5, 0.6) is 5.75 Å². The van der Waals surface area contributed by atoms with Gasteiger partial charge in [-0.3, -0.25) is 0 Å². The van der Waals surface area contributed by atoms with E-state index in [1.54, 1.807) is 7.11 Å². The van der Waals surface area contributed by atoms with Gasteiger partial charge in [-0.25, -0.2) is 0 Å². The molecule has 1 aliphatic rings. The smallest absolute Gasteiger partial charge is 0.125 e. The minimum absolute atomic E-state index is 0.00508. The summed E-state index contributed by atoms with van der Waals surface area (Å²) in [6.45, 7) is 6.59. The molecular formula is C17H28N2O. The third-order valence-electron chi connectivity index (χ3n) is 4.37. The Morgan fingerprint density at radius 3 is 2.60 bits per heavy atom. The Bertz CT molecular complexity index is 423. The molecule has 0 saturated carbocycles. The Morgan fingerprint density at radius 2 is 2.05 bits per heavy atom. The molecule has 1 aliphatic heterocycles. The first-order chi connectivity index (χ1) is 9.67. The number of piperidine rings is 1. The fourth-order valence-corrected chi connectivity index (χ4v) is 3.31. The van der Waals surface area contributed by atoms with Crippen molar-refractivity contribution >= 4 is 5.69 Å². The summed E-state index contributed by atoms with van der Waals surface area (Å²) in [7, 11) is 1.72. The van der Waals surface area contributed by atoms with Crippen LogP contribution in [0.1, 0.15) is 51.1 Å². The Morgan fingerprint density at radius 1 is 1.35 bits per heavy atom. The molecule has 0 radical (unpaired) electrons. The number of nitrogens with zero attached hydrogens (tertiary/aromatic N) is 1. The summed E-state index contributed by atoms with van der Waals surface area (Å²) < 4.78 is 5.49. The average Bonchev–Trinajstić information content (AvgIpc) is 2.47. The number of hydrogen-bond donors (Lipinski definition) is 1. The lowest BCUT2D eigenvalue weighted by molar-refractivity contribution is 0.376. The van der Waals surface area contributed by atoms with Crippen LogP contribution in [-0.4, -0.2) is 20.2 Å². The van der Waals surface area contributed by atoms with Gasteiger partial charge in [-0.15, -0.1) is 0 Å². The van der Waals surface area contributed by atoms with E-state index in [2.05, 4.69) is 24.0 Å². The molecule has 1 heterocycles. The molecule has 20 heavy (non-hydrogen) atoms. The van der Waals surface area contributed by atoms with Gasteiger partial charge in [-0.2, -0.15) is 0 Å². The van der Waals surface area contributed by atoms with Gasteiger partial charge < -0.3 is 15.4 Å². The molecule has 1 saturated heterocycles. The highest BCUT2D eigenvalue weighted by Gasteiger charge is 2.23. The van der Waals surface area contributed by atoms with Crippen molar-refractivity contribution in [1.29, 1.82) is 0 Å². The second kappa shape index (κ2) is 6.98. The minimum Gasteiger partial charge on any atom is -0.496 e. The number of nitrogens with two attached hydrogens (primary N) is 1. The molecular weight excluding hydrogens is 248 g/mol. The van der Waals surface area contributed by atoms with Crippen molar-refractivity contribution in [2.75, 3.05) is 25.1 Å². The van der Waals surface area contributed by atoms with Gasteiger partial charge in [0.2, 0.25) is 0 Å². The Balaban J connectivity index is 2.17. The standard InChI is InChI=1S/C17H28N2O/c1-4-6-14-9-11-19(12-10-14)15-7-5-8-16(20-3)17(15)13(2)18/h5,7-8,13-14H,4,6,9-12,18H2,1-3H3/t13-/m1/s1. The molecule has 0 spiro atoms. The van der Waals surface area contributed by atoms with E-state index in [9.17, 15) is 0 Å². The Kier molecular flexibility index (Phi) is 5.30. The predicted molar refractivity (Wildman–Crippen MR) is 85.4 cm³/mol. The topological polar surface area (TPSA) is 38.5 Å². The largest absolute Gasteiger partial charge is 0.496 e. The van der Waals surface area contributed by atoms with Crippen molar-refractivity contribution in [3.8, 4) is 5.75 Å². The van der Waals surface area contributed by atoms with E-state index in [0.717, 1.165) is 30.3 Å². The quantitative estimate of drug-likeness (QED) is 0.890. The van der Waals surface area contributed by atoms with Crippen LogP contribution in [0.2, 0.25) is 0 Å². The Labute approximate surface area is 123 Å². The van der Waals surface area contributed by atoms with Gasteiger partial charge in [-0.1, -0.05) is 25.8 Å². The summed E-state index contributed by atoms with van der Waals surface area (Å²) in [5.41, 5.74) is 8.57. The molecule has 0 unspecified atom stereocenters.